The van der Waals surface area contributed by atoms with E-state index in [9.17, 15) is 9.59 Å². The lowest BCUT2D eigenvalue weighted by atomic mass is 9.98. The highest BCUT2D eigenvalue weighted by atomic mass is 79.9. The normalized spacial score (nSPS) is 15.6. The third kappa shape index (κ3) is 2.93. The van der Waals surface area contributed by atoms with Crippen LogP contribution in [0.4, 0.5) is 0 Å². The van der Waals surface area contributed by atoms with Crippen molar-refractivity contribution in [3.05, 3.63) is 98.2 Å². The van der Waals surface area contributed by atoms with Crippen LogP contribution in [0.25, 0.3) is 11.0 Å². The minimum absolute atomic E-state index is 0.0715. The average molecular weight is 466 g/mol. The highest BCUT2D eigenvalue weighted by molar-refractivity contribution is 9.10. The third-order valence-electron chi connectivity index (χ3n) is 5.27. The molecule has 0 saturated carbocycles. The summed E-state index contributed by atoms with van der Waals surface area (Å²) in [4.78, 5) is 28.4. The van der Waals surface area contributed by atoms with E-state index in [1.807, 2.05) is 24.3 Å². The van der Waals surface area contributed by atoms with E-state index in [2.05, 4.69) is 15.9 Å². The minimum Gasteiger partial charge on any atom is -0.497 e. The van der Waals surface area contributed by atoms with E-state index in [0.29, 0.717) is 28.0 Å². The molecule has 2 aromatic carbocycles. The Morgan fingerprint density at radius 1 is 1.10 bits per heavy atom. The number of rotatable bonds is 4. The van der Waals surface area contributed by atoms with Gasteiger partial charge in [-0.3, -0.25) is 9.59 Å². The lowest BCUT2D eigenvalue weighted by Gasteiger charge is -2.24. The Labute approximate surface area is 179 Å². The van der Waals surface area contributed by atoms with Crippen molar-refractivity contribution in [3.63, 3.8) is 0 Å². The van der Waals surface area contributed by atoms with Gasteiger partial charge in [-0.15, -0.1) is 0 Å². The molecule has 0 unspecified atom stereocenters. The molecule has 0 bridgehead atoms. The molecule has 0 radical (unpaired) electrons. The van der Waals surface area contributed by atoms with Crippen molar-refractivity contribution in [2.75, 3.05) is 7.11 Å². The maximum atomic E-state index is 13.5. The van der Waals surface area contributed by atoms with Crippen LogP contribution in [-0.4, -0.2) is 17.9 Å². The average Bonchev–Trinajstić information content (AvgIpc) is 3.37. The molecule has 2 aromatic heterocycles. The lowest BCUT2D eigenvalue weighted by molar-refractivity contribution is 0.0701. The summed E-state index contributed by atoms with van der Waals surface area (Å²) in [6.07, 6.45) is 1.56. The Bertz CT molecular complexity index is 1310. The second-order valence-corrected chi connectivity index (χ2v) is 7.92. The molecule has 5 rings (SSSR count). The third-order valence-corrected chi connectivity index (χ3v) is 5.76. The van der Waals surface area contributed by atoms with Gasteiger partial charge in [-0.1, -0.05) is 28.1 Å². The van der Waals surface area contributed by atoms with Crippen molar-refractivity contribution in [3.8, 4) is 5.75 Å². The van der Waals surface area contributed by atoms with Crippen LogP contribution in [0.3, 0.4) is 0 Å². The van der Waals surface area contributed by atoms with Gasteiger partial charge in [0.15, 0.2) is 5.43 Å². The number of nitrogens with zero attached hydrogens (tertiary/aromatic N) is 1. The van der Waals surface area contributed by atoms with Crippen molar-refractivity contribution >= 4 is 32.8 Å². The monoisotopic (exact) mass is 465 g/mol. The lowest BCUT2D eigenvalue weighted by Crippen LogP contribution is -2.29. The predicted molar refractivity (Wildman–Crippen MR) is 114 cm³/mol. The van der Waals surface area contributed by atoms with Crippen LogP contribution in [0, 0.1) is 0 Å². The Morgan fingerprint density at radius 3 is 2.60 bits per heavy atom. The molecule has 1 amide bonds. The molecule has 0 saturated heterocycles. The van der Waals surface area contributed by atoms with E-state index in [-0.39, 0.29) is 23.6 Å². The molecule has 150 valence electrons. The standard InChI is InChI=1S/C23H16BrNO5/c1-28-15-7-4-13(5-8-15)20-19-21(26)17-11-14(24)6-9-18(17)30-22(19)23(27)25(20)12-16-3-2-10-29-16/h2-11,20H,12H2,1H3/t20-/m1/s1. The first-order valence-corrected chi connectivity index (χ1v) is 10.1. The van der Waals surface area contributed by atoms with Gasteiger partial charge in [0.25, 0.3) is 5.91 Å². The molecule has 7 heteroatoms. The second kappa shape index (κ2) is 7.18. The molecular formula is C23H16BrNO5. The smallest absolute Gasteiger partial charge is 0.291 e. The van der Waals surface area contributed by atoms with E-state index in [4.69, 9.17) is 13.6 Å². The SMILES string of the molecule is COc1ccc([C@@H]2c3c(oc4ccc(Br)cc4c3=O)C(=O)N2Cc2ccco2)cc1. The molecule has 1 atom stereocenters. The number of halogens is 1. The fraction of sp³-hybridized carbons (Fsp3) is 0.130. The number of benzene rings is 2. The molecule has 0 aliphatic carbocycles. The Hall–Kier alpha value is -3.32. The predicted octanol–water partition coefficient (Wildman–Crippen LogP) is 4.90. The molecule has 6 nitrogen and oxygen atoms in total. The first-order chi connectivity index (χ1) is 14.6. The number of carbonyl (C=O) groups is 1. The maximum absolute atomic E-state index is 13.5. The second-order valence-electron chi connectivity index (χ2n) is 7.00. The van der Waals surface area contributed by atoms with E-state index in [1.165, 1.54) is 0 Å². The number of fused-ring (bicyclic) bond motifs is 2. The van der Waals surface area contributed by atoms with Crippen LogP contribution in [0.2, 0.25) is 0 Å². The fourth-order valence-corrected chi connectivity index (χ4v) is 4.22. The van der Waals surface area contributed by atoms with E-state index in [1.54, 1.807) is 48.6 Å². The van der Waals surface area contributed by atoms with Crippen molar-refractivity contribution in [1.29, 1.82) is 0 Å². The number of hydrogen-bond acceptors (Lipinski definition) is 5. The number of hydrogen-bond donors (Lipinski definition) is 0. The zero-order valence-electron chi connectivity index (χ0n) is 15.9. The largest absolute Gasteiger partial charge is 0.497 e. The molecule has 4 aromatic rings. The van der Waals surface area contributed by atoms with Gasteiger partial charge in [0.1, 0.15) is 17.1 Å². The van der Waals surface area contributed by atoms with E-state index in [0.717, 1.165) is 10.0 Å². The summed E-state index contributed by atoms with van der Waals surface area (Å²) in [5.41, 5.74) is 1.28. The van der Waals surface area contributed by atoms with Crippen LogP contribution in [-0.2, 0) is 6.54 Å². The first kappa shape index (κ1) is 18.7. The molecule has 0 N–H and O–H groups in total. The Morgan fingerprint density at radius 2 is 1.90 bits per heavy atom. The van der Waals surface area contributed by atoms with Crippen molar-refractivity contribution < 1.29 is 18.4 Å². The quantitative estimate of drug-likeness (QED) is 0.428. The summed E-state index contributed by atoms with van der Waals surface area (Å²) in [5.74, 6) is 1.04. The van der Waals surface area contributed by atoms with Gasteiger partial charge in [-0.05, 0) is 48.0 Å². The summed E-state index contributed by atoms with van der Waals surface area (Å²) >= 11 is 3.40. The fourth-order valence-electron chi connectivity index (χ4n) is 3.86. The summed E-state index contributed by atoms with van der Waals surface area (Å²) in [6, 6.07) is 15.5. The van der Waals surface area contributed by atoms with Crippen LogP contribution < -0.4 is 10.2 Å². The number of carbonyl (C=O) groups excluding carboxylic acids is 1. The van der Waals surface area contributed by atoms with Gasteiger partial charge in [0.2, 0.25) is 5.76 Å². The first-order valence-electron chi connectivity index (χ1n) is 9.30. The molecule has 1 aliphatic heterocycles. The van der Waals surface area contributed by atoms with Crippen molar-refractivity contribution in [2.24, 2.45) is 0 Å². The van der Waals surface area contributed by atoms with Gasteiger partial charge in [-0.2, -0.15) is 0 Å². The van der Waals surface area contributed by atoms with Gasteiger partial charge in [-0.25, -0.2) is 0 Å². The maximum Gasteiger partial charge on any atom is 0.291 e. The topological polar surface area (TPSA) is 72.9 Å². The van der Waals surface area contributed by atoms with Crippen LogP contribution in [0.15, 0.2) is 79.0 Å². The highest BCUT2D eigenvalue weighted by Gasteiger charge is 2.43. The molecular weight excluding hydrogens is 450 g/mol. The molecule has 3 heterocycles. The number of ether oxygens (including phenoxy) is 1. The van der Waals surface area contributed by atoms with Gasteiger partial charge in [0, 0.05) is 4.47 Å². The summed E-state index contributed by atoms with van der Waals surface area (Å²) in [6.45, 7) is 0.214. The highest BCUT2D eigenvalue weighted by Crippen LogP contribution is 2.39. The van der Waals surface area contributed by atoms with Crippen LogP contribution >= 0.6 is 15.9 Å². The number of amides is 1. The van der Waals surface area contributed by atoms with Crippen molar-refractivity contribution in [2.45, 2.75) is 12.6 Å². The number of methoxy groups -OCH3 is 1. The molecule has 1 aliphatic rings. The Kier molecular flexibility index (Phi) is 4.47. The zero-order chi connectivity index (χ0) is 20.8. The van der Waals surface area contributed by atoms with E-state index >= 15 is 0 Å². The molecule has 0 fully saturated rings. The molecule has 30 heavy (non-hydrogen) atoms. The zero-order valence-corrected chi connectivity index (χ0v) is 17.5. The minimum atomic E-state index is -0.594. The molecule has 0 spiro atoms. The number of furan rings is 1. The summed E-state index contributed by atoms with van der Waals surface area (Å²) in [7, 11) is 1.59. The van der Waals surface area contributed by atoms with Gasteiger partial charge in [0.05, 0.1) is 36.9 Å². The Balaban J connectivity index is 1.73. The van der Waals surface area contributed by atoms with E-state index < -0.39 is 6.04 Å². The van der Waals surface area contributed by atoms with Crippen LogP contribution in [0.5, 0.6) is 5.75 Å². The van der Waals surface area contributed by atoms with Gasteiger partial charge >= 0.3 is 0 Å². The summed E-state index contributed by atoms with van der Waals surface area (Å²) in [5, 5.41) is 0.425. The summed E-state index contributed by atoms with van der Waals surface area (Å²) < 4.78 is 17.4. The van der Waals surface area contributed by atoms with Crippen molar-refractivity contribution in [1.82, 2.24) is 4.90 Å². The van der Waals surface area contributed by atoms with Gasteiger partial charge < -0.3 is 18.5 Å². The van der Waals surface area contributed by atoms with Crippen LogP contribution in [0.1, 0.15) is 33.5 Å².